The molecule has 0 radical (unpaired) electrons. The topological polar surface area (TPSA) is 0 Å². The Kier molecular flexibility index (Phi) is 11.3. The summed E-state index contributed by atoms with van der Waals surface area (Å²) in [5.74, 6) is 8.52. The third-order valence-corrected chi connectivity index (χ3v) is 10.3. The van der Waals surface area contributed by atoms with Gasteiger partial charge in [0.1, 0.15) is 0 Å². The van der Waals surface area contributed by atoms with Crippen molar-refractivity contribution in [1.29, 1.82) is 0 Å². The molecule has 0 heterocycles. The van der Waals surface area contributed by atoms with Crippen LogP contribution in [0.15, 0.2) is 0 Å². The van der Waals surface area contributed by atoms with Crippen molar-refractivity contribution in [2.45, 2.75) is 150 Å². The van der Waals surface area contributed by atoms with E-state index in [0.29, 0.717) is 0 Å². The molecule has 0 atom stereocenters. The molecule has 31 heavy (non-hydrogen) atoms. The summed E-state index contributed by atoms with van der Waals surface area (Å²) in [5.41, 5.74) is 0. The summed E-state index contributed by atoms with van der Waals surface area (Å²) in [7, 11) is 0. The lowest BCUT2D eigenvalue weighted by atomic mass is 9.70. The molecule has 0 bridgehead atoms. The molecule has 0 aliphatic heterocycles. The molecule has 182 valence electrons. The van der Waals surface area contributed by atoms with Gasteiger partial charge in [-0.15, -0.1) is 0 Å². The Labute approximate surface area is 197 Å². The van der Waals surface area contributed by atoms with Crippen molar-refractivity contribution in [3.05, 3.63) is 0 Å². The third kappa shape index (κ3) is 9.41. The largest absolute Gasteiger partial charge is 0.0651 e. The van der Waals surface area contributed by atoms with Gasteiger partial charge in [-0.1, -0.05) is 137 Å². The molecule has 4 saturated carbocycles. The molecule has 0 unspecified atom stereocenters. The zero-order valence-corrected chi connectivity index (χ0v) is 22.1. The molecule has 0 aromatic heterocycles. The van der Waals surface area contributed by atoms with Gasteiger partial charge in [0.2, 0.25) is 0 Å². The van der Waals surface area contributed by atoms with Crippen LogP contribution in [0.3, 0.4) is 0 Å². The normalized spacial score (nSPS) is 41.8. The molecular formula is C31H58. The highest BCUT2D eigenvalue weighted by Crippen LogP contribution is 2.41. The summed E-state index contributed by atoms with van der Waals surface area (Å²) in [6.45, 7) is 9.60. The van der Waals surface area contributed by atoms with Crippen LogP contribution in [0.5, 0.6) is 0 Å². The van der Waals surface area contributed by atoms with Crippen LogP contribution >= 0.6 is 0 Å². The molecule has 4 rings (SSSR count). The summed E-state index contributed by atoms with van der Waals surface area (Å²) >= 11 is 0. The summed E-state index contributed by atoms with van der Waals surface area (Å²) in [4.78, 5) is 0. The molecule has 4 fully saturated rings. The van der Waals surface area contributed by atoms with E-state index >= 15 is 0 Å². The zero-order valence-electron chi connectivity index (χ0n) is 22.1. The van der Waals surface area contributed by atoms with E-state index in [1.54, 1.807) is 64.2 Å². The van der Waals surface area contributed by atoms with Crippen LogP contribution in [-0.4, -0.2) is 0 Å². The second-order valence-electron chi connectivity index (χ2n) is 13.1. The van der Waals surface area contributed by atoms with Crippen molar-refractivity contribution < 1.29 is 0 Å². The van der Waals surface area contributed by atoms with Gasteiger partial charge < -0.3 is 0 Å². The van der Waals surface area contributed by atoms with Crippen LogP contribution in [0.1, 0.15) is 150 Å². The van der Waals surface area contributed by atoms with Crippen molar-refractivity contribution in [3.63, 3.8) is 0 Å². The van der Waals surface area contributed by atoms with Gasteiger partial charge in [0.05, 0.1) is 0 Å². The molecule has 0 amide bonds. The molecule has 0 nitrogen and oxygen atoms in total. The first kappa shape index (κ1) is 25.6. The maximum atomic E-state index is 2.45. The highest BCUT2D eigenvalue weighted by atomic mass is 14.3. The lowest BCUT2D eigenvalue weighted by Gasteiger charge is -2.35. The van der Waals surface area contributed by atoms with Crippen molar-refractivity contribution in [2.24, 2.45) is 47.3 Å². The summed E-state index contributed by atoms with van der Waals surface area (Å²) < 4.78 is 0. The smallest absolute Gasteiger partial charge is 0.0411 e. The van der Waals surface area contributed by atoms with Gasteiger partial charge in [-0.05, 0) is 60.2 Å². The fourth-order valence-corrected chi connectivity index (χ4v) is 7.51. The summed E-state index contributed by atoms with van der Waals surface area (Å²) in [6.07, 6.45) is 29.0. The van der Waals surface area contributed by atoms with Gasteiger partial charge in [0, 0.05) is 0 Å². The molecule has 0 spiro atoms. The Balaban J connectivity index is 0.000000254. The van der Waals surface area contributed by atoms with E-state index in [4.69, 9.17) is 0 Å². The third-order valence-electron chi connectivity index (χ3n) is 10.3. The Hall–Kier alpha value is 0. The number of hydrogen-bond acceptors (Lipinski definition) is 0. The summed E-state index contributed by atoms with van der Waals surface area (Å²) in [5, 5.41) is 0. The Morgan fingerprint density at radius 3 is 0.839 bits per heavy atom. The first-order valence-corrected chi connectivity index (χ1v) is 15.0. The minimum absolute atomic E-state index is 1.02. The highest BCUT2D eigenvalue weighted by molar-refractivity contribution is 4.80. The Morgan fingerprint density at radius 2 is 0.581 bits per heavy atom. The average Bonchev–Trinajstić information content (AvgIpc) is 2.79. The van der Waals surface area contributed by atoms with Crippen molar-refractivity contribution >= 4 is 0 Å². The predicted molar refractivity (Wildman–Crippen MR) is 138 cm³/mol. The van der Waals surface area contributed by atoms with Gasteiger partial charge in [-0.3, -0.25) is 0 Å². The van der Waals surface area contributed by atoms with Crippen LogP contribution in [0.4, 0.5) is 0 Å². The maximum Gasteiger partial charge on any atom is -0.0411 e. The fraction of sp³-hybridized carbons (Fsp3) is 1.00. The SMILES string of the molecule is CC1CCC(CC2CCC(CC3CCC(C)CC3)CC2)CC1.CCC1CCC(C)CC1. The number of hydrogen-bond donors (Lipinski definition) is 0. The van der Waals surface area contributed by atoms with Crippen LogP contribution in [0.2, 0.25) is 0 Å². The molecule has 0 aromatic carbocycles. The van der Waals surface area contributed by atoms with Gasteiger partial charge in [-0.2, -0.15) is 0 Å². The first-order chi connectivity index (χ1) is 15.0. The monoisotopic (exact) mass is 430 g/mol. The number of rotatable bonds is 5. The van der Waals surface area contributed by atoms with Crippen molar-refractivity contribution in [3.8, 4) is 0 Å². The summed E-state index contributed by atoms with van der Waals surface area (Å²) in [6, 6.07) is 0. The van der Waals surface area contributed by atoms with E-state index in [-0.39, 0.29) is 0 Å². The van der Waals surface area contributed by atoms with Gasteiger partial charge in [0.25, 0.3) is 0 Å². The van der Waals surface area contributed by atoms with E-state index in [2.05, 4.69) is 27.7 Å². The molecular weight excluding hydrogens is 372 g/mol. The molecule has 0 heteroatoms. The highest BCUT2D eigenvalue weighted by Gasteiger charge is 2.28. The molecule has 4 aliphatic carbocycles. The zero-order chi connectivity index (χ0) is 22.1. The van der Waals surface area contributed by atoms with E-state index in [1.807, 2.05) is 0 Å². The van der Waals surface area contributed by atoms with E-state index < -0.39 is 0 Å². The lowest BCUT2D eigenvalue weighted by molar-refractivity contribution is 0.168. The minimum Gasteiger partial charge on any atom is -0.0651 e. The van der Waals surface area contributed by atoms with Gasteiger partial charge >= 0.3 is 0 Å². The van der Waals surface area contributed by atoms with Crippen LogP contribution in [0.25, 0.3) is 0 Å². The van der Waals surface area contributed by atoms with Crippen LogP contribution < -0.4 is 0 Å². The van der Waals surface area contributed by atoms with Crippen LogP contribution in [0, 0.1) is 47.3 Å². The first-order valence-electron chi connectivity index (χ1n) is 15.0. The molecule has 4 aliphatic rings. The van der Waals surface area contributed by atoms with E-state index in [1.165, 1.54) is 57.8 Å². The van der Waals surface area contributed by atoms with E-state index in [0.717, 1.165) is 47.3 Å². The maximum absolute atomic E-state index is 2.45. The lowest BCUT2D eigenvalue weighted by Crippen LogP contribution is -2.22. The predicted octanol–water partition coefficient (Wildman–Crippen LogP) is 10.4. The van der Waals surface area contributed by atoms with Gasteiger partial charge in [0.15, 0.2) is 0 Å². The second kappa shape index (κ2) is 13.6. The van der Waals surface area contributed by atoms with Crippen LogP contribution in [-0.2, 0) is 0 Å². The van der Waals surface area contributed by atoms with E-state index in [9.17, 15) is 0 Å². The van der Waals surface area contributed by atoms with Gasteiger partial charge in [-0.25, -0.2) is 0 Å². The standard InChI is InChI=1S/C22H40.C9H18/c1-17-3-7-19(8-4-17)15-21-11-13-22(14-12-21)16-20-9-5-18(2)6-10-20;1-3-9-6-4-8(2)5-7-9/h17-22H,3-16H2,1-2H3;8-9H,3-7H2,1-2H3. The minimum atomic E-state index is 1.02. The molecule has 0 N–H and O–H groups in total. The molecule has 0 saturated heterocycles. The fourth-order valence-electron chi connectivity index (χ4n) is 7.51. The quantitative estimate of drug-likeness (QED) is 0.407. The average molecular weight is 431 g/mol. The Morgan fingerprint density at radius 1 is 0.355 bits per heavy atom. The Bertz CT molecular complexity index is 403. The van der Waals surface area contributed by atoms with Crippen molar-refractivity contribution in [1.82, 2.24) is 0 Å². The molecule has 0 aromatic rings. The second-order valence-corrected chi connectivity index (χ2v) is 13.1. The van der Waals surface area contributed by atoms with Crippen molar-refractivity contribution in [2.75, 3.05) is 0 Å².